The van der Waals surface area contributed by atoms with Gasteiger partial charge in [0.2, 0.25) is 0 Å². The first kappa shape index (κ1) is 16.3. The third-order valence-electron chi connectivity index (χ3n) is 3.03. The van der Waals surface area contributed by atoms with Crippen LogP contribution in [-0.4, -0.2) is 29.6 Å². The number of hydrogen-bond donors (Lipinski definition) is 3. The van der Waals surface area contributed by atoms with Gasteiger partial charge in [0.1, 0.15) is 0 Å². The molecule has 0 saturated carbocycles. The molecule has 0 unspecified atom stereocenters. The Hall–Kier alpha value is -2.03. The molecule has 1 aromatic carbocycles. The Balaban J connectivity index is 2.48. The van der Waals surface area contributed by atoms with Crippen LogP contribution in [0.25, 0.3) is 11.0 Å². The average molecular weight is 318 g/mol. The van der Waals surface area contributed by atoms with Crippen molar-refractivity contribution in [2.45, 2.75) is 20.3 Å². The predicted molar refractivity (Wildman–Crippen MR) is 93.4 cm³/mol. The number of halogens is 1. The van der Waals surface area contributed by atoms with E-state index >= 15 is 0 Å². The summed E-state index contributed by atoms with van der Waals surface area (Å²) in [4.78, 5) is 9.25. The van der Waals surface area contributed by atoms with E-state index in [4.69, 9.17) is 17.3 Å². The fraction of sp³-hybridized carbons (Fsp3) is 0.375. The molecular weight excluding hydrogens is 298 g/mol. The van der Waals surface area contributed by atoms with E-state index < -0.39 is 0 Å². The van der Waals surface area contributed by atoms with Crippen LogP contribution in [0.2, 0.25) is 5.02 Å². The summed E-state index contributed by atoms with van der Waals surface area (Å²) in [7, 11) is 0. The molecule has 0 atom stereocenters. The summed E-state index contributed by atoms with van der Waals surface area (Å²) in [6, 6.07) is 3.77. The van der Waals surface area contributed by atoms with E-state index in [1.165, 1.54) is 0 Å². The first-order valence-corrected chi connectivity index (χ1v) is 7.71. The van der Waals surface area contributed by atoms with Gasteiger partial charge in [-0.05, 0) is 31.5 Å². The lowest BCUT2D eigenvalue weighted by Gasteiger charge is -2.12. The minimum absolute atomic E-state index is 0.349. The molecule has 0 radical (unpaired) electrons. The number of hydrogen-bond acceptors (Lipinski definition) is 5. The number of nitrogens with zero attached hydrogens (tertiary/aromatic N) is 2. The van der Waals surface area contributed by atoms with Crippen molar-refractivity contribution in [3.05, 3.63) is 22.7 Å². The van der Waals surface area contributed by atoms with Crippen LogP contribution in [0.3, 0.4) is 0 Å². The summed E-state index contributed by atoms with van der Waals surface area (Å²) >= 11 is 6.31. The molecule has 22 heavy (non-hydrogen) atoms. The maximum absolute atomic E-state index is 6.31. The highest BCUT2D eigenvalue weighted by molar-refractivity contribution is 6.32. The Bertz CT molecular complexity index is 718. The van der Waals surface area contributed by atoms with Gasteiger partial charge in [0.25, 0.3) is 0 Å². The molecule has 0 saturated heterocycles. The van der Waals surface area contributed by atoms with Gasteiger partial charge in [-0.1, -0.05) is 23.4 Å². The van der Waals surface area contributed by atoms with Gasteiger partial charge in [0.15, 0.2) is 11.6 Å². The molecule has 0 spiro atoms. The molecule has 116 valence electrons. The Kier molecular flexibility index (Phi) is 5.82. The summed E-state index contributed by atoms with van der Waals surface area (Å²) < 4.78 is 0. The molecule has 0 aliphatic heterocycles. The zero-order valence-corrected chi connectivity index (χ0v) is 13.6. The number of nitrogens with two attached hydrogens (primary N) is 1. The van der Waals surface area contributed by atoms with Crippen molar-refractivity contribution in [3.8, 4) is 11.8 Å². The highest BCUT2D eigenvalue weighted by Crippen LogP contribution is 2.26. The van der Waals surface area contributed by atoms with Gasteiger partial charge >= 0.3 is 0 Å². The van der Waals surface area contributed by atoms with E-state index in [0.29, 0.717) is 18.0 Å². The molecule has 0 aliphatic rings. The minimum Gasteiger partial charge on any atom is -0.367 e. The molecule has 1 aromatic heterocycles. The van der Waals surface area contributed by atoms with Gasteiger partial charge < -0.3 is 16.4 Å². The number of fused-ring (bicyclic) bond motifs is 1. The SMILES string of the molecule is CCNc1nc2cc(Cl)c(CC#CCN)cc2nc1NCC. The maximum atomic E-state index is 6.31. The van der Waals surface area contributed by atoms with Crippen LogP contribution in [0.1, 0.15) is 19.4 Å². The van der Waals surface area contributed by atoms with Crippen molar-refractivity contribution in [1.82, 2.24) is 9.97 Å². The van der Waals surface area contributed by atoms with Crippen LogP contribution in [0.15, 0.2) is 12.1 Å². The Labute approximate surface area is 135 Å². The molecular formula is C16H20ClN5. The predicted octanol–water partition coefficient (Wildman–Crippen LogP) is 2.65. The number of benzene rings is 1. The van der Waals surface area contributed by atoms with E-state index in [-0.39, 0.29) is 0 Å². The monoisotopic (exact) mass is 317 g/mol. The van der Waals surface area contributed by atoms with Gasteiger partial charge in [-0.2, -0.15) is 0 Å². The van der Waals surface area contributed by atoms with Crippen molar-refractivity contribution in [3.63, 3.8) is 0 Å². The van der Waals surface area contributed by atoms with Crippen molar-refractivity contribution in [2.24, 2.45) is 5.73 Å². The molecule has 2 aromatic rings. The second kappa shape index (κ2) is 7.83. The molecule has 5 nitrogen and oxygen atoms in total. The fourth-order valence-corrected chi connectivity index (χ4v) is 2.29. The molecule has 1 heterocycles. The van der Waals surface area contributed by atoms with E-state index in [2.05, 4.69) is 32.4 Å². The summed E-state index contributed by atoms with van der Waals surface area (Å²) in [5.74, 6) is 7.32. The summed E-state index contributed by atoms with van der Waals surface area (Å²) in [5.41, 5.74) is 7.87. The lowest BCUT2D eigenvalue weighted by atomic mass is 10.1. The quantitative estimate of drug-likeness (QED) is 0.739. The third-order valence-corrected chi connectivity index (χ3v) is 3.38. The number of anilines is 2. The van der Waals surface area contributed by atoms with Gasteiger partial charge in [-0.15, -0.1) is 0 Å². The van der Waals surface area contributed by atoms with E-state index in [0.717, 1.165) is 41.3 Å². The van der Waals surface area contributed by atoms with Crippen molar-refractivity contribution < 1.29 is 0 Å². The van der Waals surface area contributed by atoms with Crippen LogP contribution in [0, 0.1) is 11.8 Å². The third kappa shape index (κ3) is 3.79. The molecule has 0 bridgehead atoms. The van der Waals surface area contributed by atoms with Crippen molar-refractivity contribution >= 4 is 34.3 Å². The summed E-state index contributed by atoms with van der Waals surface area (Å²) in [5, 5.41) is 7.08. The lowest BCUT2D eigenvalue weighted by Crippen LogP contribution is -2.08. The van der Waals surface area contributed by atoms with Gasteiger partial charge in [-0.3, -0.25) is 0 Å². The van der Waals surface area contributed by atoms with Crippen LogP contribution in [-0.2, 0) is 6.42 Å². The number of rotatable bonds is 5. The second-order valence-electron chi connectivity index (χ2n) is 4.65. The Morgan fingerprint density at radius 2 is 1.64 bits per heavy atom. The number of aromatic nitrogens is 2. The van der Waals surface area contributed by atoms with Crippen molar-refractivity contribution in [1.29, 1.82) is 0 Å². The topological polar surface area (TPSA) is 75.9 Å². The van der Waals surface area contributed by atoms with Gasteiger partial charge in [-0.25, -0.2) is 9.97 Å². The largest absolute Gasteiger partial charge is 0.367 e. The highest BCUT2D eigenvalue weighted by Gasteiger charge is 2.10. The second-order valence-corrected chi connectivity index (χ2v) is 5.06. The van der Waals surface area contributed by atoms with Crippen LogP contribution < -0.4 is 16.4 Å². The lowest BCUT2D eigenvalue weighted by molar-refractivity contribution is 1.11. The summed E-state index contributed by atoms with van der Waals surface area (Å²) in [6.45, 7) is 5.95. The molecule has 2 rings (SSSR count). The normalized spacial score (nSPS) is 10.2. The molecule has 4 N–H and O–H groups in total. The highest BCUT2D eigenvalue weighted by atomic mass is 35.5. The summed E-state index contributed by atoms with van der Waals surface area (Å²) in [6.07, 6.45) is 0.555. The number of nitrogens with one attached hydrogen (secondary N) is 2. The molecule has 0 fully saturated rings. The Morgan fingerprint density at radius 1 is 1.05 bits per heavy atom. The van der Waals surface area contributed by atoms with Gasteiger partial charge in [0, 0.05) is 24.5 Å². The maximum Gasteiger partial charge on any atom is 0.169 e. The first-order chi connectivity index (χ1) is 10.7. The molecule has 0 aliphatic carbocycles. The minimum atomic E-state index is 0.349. The van der Waals surface area contributed by atoms with Gasteiger partial charge in [0.05, 0.1) is 17.6 Å². The molecule has 6 heteroatoms. The van der Waals surface area contributed by atoms with Crippen LogP contribution >= 0.6 is 11.6 Å². The standard InChI is InChI=1S/C16H20ClN5/c1-3-19-15-16(20-4-2)22-14-10-12(17)11(7-5-6-8-18)9-13(14)21-15/h9-10H,3-4,7-8,18H2,1-2H3,(H,19,21)(H,20,22). The van der Waals surface area contributed by atoms with Crippen LogP contribution in [0.4, 0.5) is 11.6 Å². The zero-order valence-electron chi connectivity index (χ0n) is 12.8. The first-order valence-electron chi connectivity index (χ1n) is 7.33. The smallest absolute Gasteiger partial charge is 0.169 e. The van der Waals surface area contributed by atoms with E-state index in [9.17, 15) is 0 Å². The van der Waals surface area contributed by atoms with E-state index in [1.54, 1.807) is 0 Å². The fourth-order valence-electron chi connectivity index (χ4n) is 2.07. The molecule has 0 amide bonds. The van der Waals surface area contributed by atoms with Crippen molar-refractivity contribution in [2.75, 3.05) is 30.3 Å². The zero-order chi connectivity index (χ0) is 15.9. The average Bonchev–Trinajstić information content (AvgIpc) is 2.50. The van der Waals surface area contributed by atoms with E-state index in [1.807, 2.05) is 26.0 Å². The van der Waals surface area contributed by atoms with Crippen LogP contribution in [0.5, 0.6) is 0 Å². The Morgan fingerprint density at radius 3 is 2.18 bits per heavy atom.